The van der Waals surface area contributed by atoms with Crippen LogP contribution in [0.3, 0.4) is 0 Å². The second-order valence-electron chi connectivity index (χ2n) is 8.33. The molecular formula is C26H34N2. The standard InChI is InChI=1S/C26H34N2/c1-20-10-12-25(13-11-20)22(3)18-28-16-14-24(15-17-28)19-27(5)23(4)26-9-7-6-8-21(26)2/h6-13,24H,3-4,14-19H2,1-2,5H3. The van der Waals surface area contributed by atoms with E-state index in [2.05, 4.69) is 92.4 Å². The van der Waals surface area contributed by atoms with Crippen molar-refractivity contribution in [1.29, 1.82) is 0 Å². The van der Waals surface area contributed by atoms with E-state index in [1.54, 1.807) is 0 Å². The molecule has 0 saturated carbocycles. The Bertz CT molecular complexity index is 811. The van der Waals surface area contributed by atoms with Gasteiger partial charge in [0, 0.05) is 31.4 Å². The Morgan fingerprint density at radius 1 is 1.00 bits per heavy atom. The maximum atomic E-state index is 4.35. The fourth-order valence-electron chi connectivity index (χ4n) is 4.08. The molecule has 1 fully saturated rings. The van der Waals surface area contributed by atoms with Crippen LogP contribution in [-0.4, -0.2) is 43.0 Å². The lowest BCUT2D eigenvalue weighted by Crippen LogP contribution is -2.38. The van der Waals surface area contributed by atoms with E-state index in [-0.39, 0.29) is 0 Å². The highest BCUT2D eigenvalue weighted by atomic mass is 15.1. The van der Waals surface area contributed by atoms with Crippen LogP contribution in [0, 0.1) is 19.8 Å². The zero-order chi connectivity index (χ0) is 20.1. The minimum absolute atomic E-state index is 0.731. The monoisotopic (exact) mass is 374 g/mol. The number of rotatable bonds is 7. The number of aryl methyl sites for hydroxylation is 2. The van der Waals surface area contributed by atoms with Gasteiger partial charge in [-0.2, -0.15) is 0 Å². The van der Waals surface area contributed by atoms with Gasteiger partial charge in [-0.1, -0.05) is 67.3 Å². The van der Waals surface area contributed by atoms with Gasteiger partial charge in [-0.05, 0) is 62.4 Å². The molecule has 2 heteroatoms. The molecule has 0 aromatic heterocycles. The molecule has 0 aliphatic carbocycles. The Hall–Kier alpha value is -2.32. The smallest absolute Gasteiger partial charge is 0.0366 e. The van der Waals surface area contributed by atoms with Crippen LogP contribution in [0.15, 0.2) is 61.7 Å². The van der Waals surface area contributed by atoms with E-state index in [0.717, 1.165) is 37.8 Å². The van der Waals surface area contributed by atoms with Crippen LogP contribution in [0.4, 0.5) is 0 Å². The molecule has 0 unspecified atom stereocenters. The highest BCUT2D eigenvalue weighted by Crippen LogP contribution is 2.25. The molecule has 2 aromatic rings. The summed E-state index contributed by atoms with van der Waals surface area (Å²) in [6.07, 6.45) is 2.49. The van der Waals surface area contributed by atoms with Crippen molar-refractivity contribution < 1.29 is 0 Å². The lowest BCUT2D eigenvalue weighted by molar-refractivity contribution is 0.185. The van der Waals surface area contributed by atoms with Gasteiger partial charge in [0.15, 0.2) is 0 Å². The van der Waals surface area contributed by atoms with Crippen LogP contribution >= 0.6 is 0 Å². The average molecular weight is 375 g/mol. The fraction of sp³-hybridized carbons (Fsp3) is 0.385. The Morgan fingerprint density at radius 3 is 2.29 bits per heavy atom. The van der Waals surface area contributed by atoms with Gasteiger partial charge in [0.25, 0.3) is 0 Å². The predicted molar refractivity (Wildman–Crippen MR) is 122 cm³/mol. The quantitative estimate of drug-likeness (QED) is 0.619. The van der Waals surface area contributed by atoms with Crippen LogP contribution in [0.2, 0.25) is 0 Å². The van der Waals surface area contributed by atoms with Crippen LogP contribution in [0.25, 0.3) is 11.3 Å². The molecular weight excluding hydrogens is 340 g/mol. The van der Waals surface area contributed by atoms with Crippen molar-refractivity contribution >= 4 is 11.3 Å². The molecule has 3 rings (SSSR count). The maximum absolute atomic E-state index is 4.35. The number of hydrogen-bond acceptors (Lipinski definition) is 2. The normalized spacial score (nSPS) is 15.4. The van der Waals surface area contributed by atoms with Crippen molar-refractivity contribution in [1.82, 2.24) is 9.80 Å². The van der Waals surface area contributed by atoms with Gasteiger partial charge in [-0.25, -0.2) is 0 Å². The second-order valence-corrected chi connectivity index (χ2v) is 8.33. The molecule has 0 spiro atoms. The minimum atomic E-state index is 0.731. The summed E-state index contributed by atoms with van der Waals surface area (Å²) in [5.41, 5.74) is 7.48. The average Bonchev–Trinajstić information content (AvgIpc) is 2.69. The number of piperidine rings is 1. The lowest BCUT2D eigenvalue weighted by Gasteiger charge is -2.35. The van der Waals surface area contributed by atoms with Gasteiger partial charge in [-0.3, -0.25) is 4.90 Å². The lowest BCUT2D eigenvalue weighted by atomic mass is 9.94. The van der Waals surface area contributed by atoms with Crippen molar-refractivity contribution in [3.8, 4) is 0 Å². The van der Waals surface area contributed by atoms with E-state index < -0.39 is 0 Å². The second kappa shape index (κ2) is 9.25. The van der Waals surface area contributed by atoms with Crippen molar-refractivity contribution in [2.75, 3.05) is 33.2 Å². The van der Waals surface area contributed by atoms with Crippen molar-refractivity contribution in [3.63, 3.8) is 0 Å². The summed E-state index contributed by atoms with van der Waals surface area (Å²) < 4.78 is 0. The molecule has 1 aliphatic heterocycles. The van der Waals surface area contributed by atoms with Crippen LogP contribution in [-0.2, 0) is 0 Å². The van der Waals surface area contributed by atoms with Gasteiger partial charge in [-0.15, -0.1) is 0 Å². The molecule has 28 heavy (non-hydrogen) atoms. The highest BCUT2D eigenvalue weighted by molar-refractivity contribution is 5.65. The Balaban J connectivity index is 1.47. The SMILES string of the molecule is C=C(CN1CCC(CN(C)C(=C)c2ccccc2C)CC1)c1ccc(C)cc1. The van der Waals surface area contributed by atoms with Gasteiger partial charge in [0.1, 0.15) is 0 Å². The summed E-state index contributed by atoms with van der Waals surface area (Å²) in [6.45, 7) is 17.3. The summed E-state index contributed by atoms with van der Waals surface area (Å²) in [5, 5.41) is 0. The number of hydrogen-bond donors (Lipinski definition) is 0. The zero-order valence-electron chi connectivity index (χ0n) is 17.7. The first kappa shape index (κ1) is 20.4. The molecule has 2 aromatic carbocycles. The molecule has 148 valence electrons. The van der Waals surface area contributed by atoms with Gasteiger partial charge < -0.3 is 4.90 Å². The van der Waals surface area contributed by atoms with Gasteiger partial charge in [0.05, 0.1) is 0 Å². The maximum Gasteiger partial charge on any atom is 0.0366 e. The van der Waals surface area contributed by atoms with E-state index in [0.29, 0.717) is 0 Å². The predicted octanol–water partition coefficient (Wildman–Crippen LogP) is 5.63. The van der Waals surface area contributed by atoms with Gasteiger partial charge >= 0.3 is 0 Å². The molecule has 2 nitrogen and oxygen atoms in total. The Morgan fingerprint density at radius 2 is 1.64 bits per heavy atom. The van der Waals surface area contributed by atoms with Crippen molar-refractivity contribution in [3.05, 3.63) is 83.9 Å². The molecule has 0 atom stereocenters. The molecule has 0 N–H and O–H groups in total. The third-order valence-corrected chi connectivity index (χ3v) is 6.03. The van der Waals surface area contributed by atoms with E-state index in [4.69, 9.17) is 0 Å². The summed E-state index contributed by atoms with van der Waals surface area (Å²) in [5.74, 6) is 0.731. The Labute approximate surface area is 171 Å². The van der Waals surface area contributed by atoms with E-state index in [1.165, 1.54) is 40.7 Å². The van der Waals surface area contributed by atoms with Crippen molar-refractivity contribution in [2.24, 2.45) is 5.92 Å². The van der Waals surface area contributed by atoms with Crippen LogP contribution < -0.4 is 0 Å². The first-order chi connectivity index (χ1) is 13.4. The van der Waals surface area contributed by atoms with E-state index in [9.17, 15) is 0 Å². The summed E-state index contributed by atoms with van der Waals surface area (Å²) >= 11 is 0. The van der Waals surface area contributed by atoms with E-state index >= 15 is 0 Å². The fourth-order valence-corrected chi connectivity index (χ4v) is 4.08. The number of likely N-dealkylation sites (tertiary alicyclic amines) is 1. The largest absolute Gasteiger partial charge is 0.374 e. The first-order valence-electron chi connectivity index (χ1n) is 10.4. The number of nitrogens with zero attached hydrogens (tertiary/aromatic N) is 2. The third-order valence-electron chi connectivity index (χ3n) is 6.03. The van der Waals surface area contributed by atoms with Crippen LogP contribution in [0.5, 0.6) is 0 Å². The summed E-state index contributed by atoms with van der Waals surface area (Å²) in [4.78, 5) is 4.89. The van der Waals surface area contributed by atoms with Crippen LogP contribution in [0.1, 0.15) is 35.1 Å². The highest BCUT2D eigenvalue weighted by Gasteiger charge is 2.21. The van der Waals surface area contributed by atoms with E-state index in [1.807, 2.05) is 0 Å². The zero-order valence-corrected chi connectivity index (χ0v) is 17.7. The molecule has 0 bridgehead atoms. The van der Waals surface area contributed by atoms with Gasteiger partial charge in [0.2, 0.25) is 0 Å². The molecule has 0 amide bonds. The topological polar surface area (TPSA) is 6.48 Å². The summed E-state index contributed by atoms with van der Waals surface area (Å²) in [6, 6.07) is 17.2. The molecule has 1 aliphatic rings. The molecule has 1 heterocycles. The molecule has 1 saturated heterocycles. The Kier molecular flexibility index (Phi) is 6.74. The first-order valence-corrected chi connectivity index (χ1v) is 10.4. The number of benzene rings is 2. The molecule has 0 radical (unpaired) electrons. The summed E-state index contributed by atoms with van der Waals surface area (Å²) in [7, 11) is 2.18. The van der Waals surface area contributed by atoms with Crippen molar-refractivity contribution in [2.45, 2.75) is 26.7 Å². The third kappa shape index (κ3) is 5.14. The minimum Gasteiger partial charge on any atom is -0.374 e.